The lowest BCUT2D eigenvalue weighted by molar-refractivity contribution is -0.127. The van der Waals surface area contributed by atoms with Gasteiger partial charge >= 0.3 is 0 Å². The third-order valence-electron chi connectivity index (χ3n) is 5.65. The van der Waals surface area contributed by atoms with Crippen LogP contribution >= 0.6 is 11.6 Å². The topological polar surface area (TPSA) is 49.4 Å². The molecule has 0 saturated carbocycles. The number of amides is 2. The number of anilines is 1. The lowest BCUT2D eigenvalue weighted by Crippen LogP contribution is -2.36. The maximum absolute atomic E-state index is 12.9. The molecule has 0 bridgehead atoms. The van der Waals surface area contributed by atoms with Gasteiger partial charge in [0.25, 0.3) is 0 Å². The van der Waals surface area contributed by atoms with Crippen molar-refractivity contribution in [2.75, 3.05) is 11.4 Å². The summed E-state index contributed by atoms with van der Waals surface area (Å²) in [5, 5.41) is 3.82. The van der Waals surface area contributed by atoms with Gasteiger partial charge in [-0.1, -0.05) is 41.9 Å². The van der Waals surface area contributed by atoms with E-state index in [1.165, 1.54) is 11.1 Å². The summed E-state index contributed by atoms with van der Waals surface area (Å²) in [4.78, 5) is 27.0. The number of benzene rings is 2. The van der Waals surface area contributed by atoms with Crippen molar-refractivity contribution in [3.05, 3.63) is 64.2 Å². The molecule has 5 heteroatoms. The molecule has 0 aromatic heterocycles. The molecule has 0 spiro atoms. The summed E-state index contributed by atoms with van der Waals surface area (Å²) in [7, 11) is 0. The van der Waals surface area contributed by atoms with Crippen molar-refractivity contribution in [2.45, 2.75) is 38.6 Å². The normalized spacial score (nSPS) is 21.9. The summed E-state index contributed by atoms with van der Waals surface area (Å²) in [6.07, 6.45) is 3.32. The fraction of sp³-hybridized carbons (Fsp3) is 0.364. The molecule has 1 saturated heterocycles. The van der Waals surface area contributed by atoms with Crippen LogP contribution in [0.1, 0.15) is 42.0 Å². The fourth-order valence-corrected chi connectivity index (χ4v) is 4.25. The predicted octanol–water partition coefficient (Wildman–Crippen LogP) is 4.20. The molecule has 1 heterocycles. The van der Waals surface area contributed by atoms with Crippen LogP contribution in [0.15, 0.2) is 42.5 Å². The fourth-order valence-electron chi connectivity index (χ4n) is 4.08. The van der Waals surface area contributed by atoms with Crippen LogP contribution in [-0.2, 0) is 16.0 Å². The van der Waals surface area contributed by atoms with Crippen molar-refractivity contribution in [2.24, 2.45) is 5.92 Å². The third-order valence-corrected chi connectivity index (χ3v) is 6.06. The lowest BCUT2D eigenvalue weighted by atomic mass is 9.87. The highest BCUT2D eigenvalue weighted by Crippen LogP contribution is 2.32. The van der Waals surface area contributed by atoms with E-state index in [9.17, 15) is 9.59 Å². The van der Waals surface area contributed by atoms with Gasteiger partial charge in [-0.15, -0.1) is 0 Å². The second kappa shape index (κ2) is 7.35. The van der Waals surface area contributed by atoms with E-state index in [0.717, 1.165) is 30.5 Å². The zero-order valence-electron chi connectivity index (χ0n) is 15.4. The van der Waals surface area contributed by atoms with E-state index in [0.29, 0.717) is 11.6 Å². The van der Waals surface area contributed by atoms with Gasteiger partial charge in [0.15, 0.2) is 0 Å². The number of halogens is 1. The van der Waals surface area contributed by atoms with E-state index in [-0.39, 0.29) is 30.2 Å². The maximum atomic E-state index is 12.9. The molecule has 1 aliphatic carbocycles. The van der Waals surface area contributed by atoms with Crippen LogP contribution < -0.4 is 10.2 Å². The molecule has 2 aromatic carbocycles. The number of carbonyl (C=O) groups is 2. The molecule has 140 valence electrons. The molecule has 2 amide bonds. The molecule has 27 heavy (non-hydrogen) atoms. The van der Waals surface area contributed by atoms with Gasteiger partial charge in [0.05, 0.1) is 12.0 Å². The second-order valence-corrected chi connectivity index (χ2v) is 7.90. The molecule has 1 aliphatic heterocycles. The number of aryl methyl sites for hydroxylation is 2. The highest BCUT2D eigenvalue weighted by atomic mass is 35.5. The number of hydrogen-bond acceptors (Lipinski definition) is 2. The zero-order chi connectivity index (χ0) is 19.0. The van der Waals surface area contributed by atoms with Crippen molar-refractivity contribution >= 4 is 29.1 Å². The average Bonchev–Trinajstić information content (AvgIpc) is 3.06. The Hall–Kier alpha value is -2.33. The molecule has 2 aromatic rings. The van der Waals surface area contributed by atoms with Gasteiger partial charge in [-0.2, -0.15) is 0 Å². The summed E-state index contributed by atoms with van der Waals surface area (Å²) >= 11 is 6.20. The Balaban J connectivity index is 1.46. The quantitative estimate of drug-likeness (QED) is 0.865. The Morgan fingerprint density at radius 3 is 2.85 bits per heavy atom. The highest BCUT2D eigenvalue weighted by molar-refractivity contribution is 6.31. The van der Waals surface area contributed by atoms with E-state index in [4.69, 9.17) is 11.6 Å². The molecule has 1 fully saturated rings. The zero-order valence-corrected chi connectivity index (χ0v) is 16.1. The molecular weight excluding hydrogens is 360 g/mol. The average molecular weight is 383 g/mol. The lowest BCUT2D eigenvalue weighted by Gasteiger charge is -2.27. The van der Waals surface area contributed by atoms with Gasteiger partial charge in [-0.3, -0.25) is 9.59 Å². The van der Waals surface area contributed by atoms with E-state index in [1.54, 1.807) is 11.0 Å². The first-order valence-corrected chi connectivity index (χ1v) is 9.85. The molecular formula is C22H23ClN2O2. The van der Waals surface area contributed by atoms with Gasteiger partial charge in [0.1, 0.15) is 0 Å². The van der Waals surface area contributed by atoms with Gasteiger partial charge in [0.2, 0.25) is 11.8 Å². The van der Waals surface area contributed by atoms with Crippen molar-refractivity contribution in [1.29, 1.82) is 0 Å². The smallest absolute Gasteiger partial charge is 0.227 e. The summed E-state index contributed by atoms with van der Waals surface area (Å²) in [6.45, 7) is 2.33. The number of nitrogens with zero attached hydrogens (tertiary/aromatic N) is 1. The van der Waals surface area contributed by atoms with Gasteiger partial charge in [0, 0.05) is 23.7 Å². The van der Waals surface area contributed by atoms with E-state index < -0.39 is 0 Å². The van der Waals surface area contributed by atoms with E-state index in [1.807, 2.05) is 31.2 Å². The van der Waals surface area contributed by atoms with Crippen LogP contribution in [0.2, 0.25) is 5.02 Å². The Kier molecular flexibility index (Phi) is 4.92. The maximum Gasteiger partial charge on any atom is 0.227 e. The van der Waals surface area contributed by atoms with Crippen LogP contribution in [0.25, 0.3) is 0 Å². The molecule has 4 rings (SSSR count). The molecule has 4 nitrogen and oxygen atoms in total. The Morgan fingerprint density at radius 2 is 2.04 bits per heavy atom. The van der Waals surface area contributed by atoms with Crippen molar-refractivity contribution in [1.82, 2.24) is 5.32 Å². The Morgan fingerprint density at radius 1 is 1.22 bits per heavy atom. The number of carbonyl (C=O) groups excluding carboxylic acids is 2. The Bertz CT molecular complexity index is 896. The largest absolute Gasteiger partial charge is 0.349 e. The number of hydrogen-bond donors (Lipinski definition) is 1. The first-order valence-electron chi connectivity index (χ1n) is 9.47. The minimum Gasteiger partial charge on any atom is -0.349 e. The molecule has 2 aliphatic rings. The minimum atomic E-state index is -0.327. The summed E-state index contributed by atoms with van der Waals surface area (Å²) in [5.74, 6) is -0.392. The first kappa shape index (κ1) is 18.1. The summed E-state index contributed by atoms with van der Waals surface area (Å²) in [6, 6.07) is 13.9. The van der Waals surface area contributed by atoms with Gasteiger partial charge < -0.3 is 10.2 Å². The molecule has 1 N–H and O–H groups in total. The summed E-state index contributed by atoms with van der Waals surface area (Å²) in [5.41, 5.74) is 4.25. The van der Waals surface area contributed by atoms with Crippen LogP contribution in [-0.4, -0.2) is 18.4 Å². The number of nitrogens with one attached hydrogen (secondary N) is 1. The standard InChI is InChI=1S/C22H23ClN2O2/c1-14-9-10-17(12-19(14)23)25-13-16(11-21(25)26)22(27)24-20-8-4-6-15-5-2-3-7-18(15)20/h2-3,5,7,9-10,12,16,20H,4,6,8,11,13H2,1H3,(H,24,27)/t16-,20+/m0/s1. The van der Waals surface area contributed by atoms with Crippen LogP contribution in [0.3, 0.4) is 0 Å². The Labute approximate surface area is 164 Å². The van der Waals surface area contributed by atoms with Gasteiger partial charge in [-0.25, -0.2) is 0 Å². The molecule has 0 unspecified atom stereocenters. The monoisotopic (exact) mass is 382 g/mol. The highest BCUT2D eigenvalue weighted by Gasteiger charge is 2.36. The van der Waals surface area contributed by atoms with E-state index in [2.05, 4.69) is 17.4 Å². The molecule has 2 atom stereocenters. The van der Waals surface area contributed by atoms with Crippen molar-refractivity contribution in [3.8, 4) is 0 Å². The molecule has 0 radical (unpaired) electrons. The van der Waals surface area contributed by atoms with E-state index >= 15 is 0 Å². The predicted molar refractivity (Wildman–Crippen MR) is 107 cm³/mol. The van der Waals surface area contributed by atoms with Crippen LogP contribution in [0, 0.1) is 12.8 Å². The van der Waals surface area contributed by atoms with Crippen LogP contribution in [0.4, 0.5) is 5.69 Å². The summed E-state index contributed by atoms with van der Waals surface area (Å²) < 4.78 is 0. The second-order valence-electron chi connectivity index (χ2n) is 7.49. The van der Waals surface area contributed by atoms with Crippen molar-refractivity contribution in [3.63, 3.8) is 0 Å². The minimum absolute atomic E-state index is 0.0286. The van der Waals surface area contributed by atoms with Crippen LogP contribution in [0.5, 0.6) is 0 Å². The number of rotatable bonds is 3. The van der Waals surface area contributed by atoms with Crippen molar-refractivity contribution < 1.29 is 9.59 Å². The third kappa shape index (κ3) is 3.59. The first-order chi connectivity index (χ1) is 13.0. The van der Waals surface area contributed by atoms with Gasteiger partial charge in [-0.05, 0) is 55.0 Å². The SMILES string of the molecule is Cc1ccc(N2C[C@@H](C(=O)N[C@@H]3CCCc4ccccc43)CC2=O)cc1Cl. The number of fused-ring (bicyclic) bond motifs is 1.